The highest BCUT2D eigenvalue weighted by atomic mass is 19.1. The van der Waals surface area contributed by atoms with Gasteiger partial charge in [0.2, 0.25) is 0 Å². The summed E-state index contributed by atoms with van der Waals surface area (Å²) in [5.41, 5.74) is 10.2. The first kappa shape index (κ1) is 12.4. The van der Waals surface area contributed by atoms with Gasteiger partial charge in [-0.15, -0.1) is 0 Å². The van der Waals surface area contributed by atoms with Gasteiger partial charge in [0.25, 0.3) is 0 Å². The van der Waals surface area contributed by atoms with Crippen molar-refractivity contribution >= 4 is 5.69 Å². The molecule has 0 aliphatic heterocycles. The first-order chi connectivity index (χ1) is 8.52. The number of benzene rings is 2. The predicted molar refractivity (Wildman–Crippen MR) is 72.3 cm³/mol. The third-order valence-electron chi connectivity index (χ3n) is 2.99. The van der Waals surface area contributed by atoms with Crippen LogP contribution in [0.25, 0.3) is 11.1 Å². The van der Waals surface area contributed by atoms with Crippen LogP contribution in [-0.4, -0.2) is 7.11 Å². The average Bonchev–Trinajstić information content (AvgIpc) is 2.28. The summed E-state index contributed by atoms with van der Waals surface area (Å²) in [6, 6.07) is 8.45. The second-order valence-electron chi connectivity index (χ2n) is 4.37. The number of ether oxygens (including phenoxy) is 1. The zero-order valence-electron chi connectivity index (χ0n) is 10.8. The molecule has 2 aromatic carbocycles. The fourth-order valence-corrected chi connectivity index (χ4v) is 2.22. The zero-order valence-corrected chi connectivity index (χ0v) is 10.8. The molecule has 0 aromatic heterocycles. The number of nitrogen functional groups attached to an aromatic ring is 1. The third kappa shape index (κ3) is 2.16. The highest BCUT2D eigenvalue weighted by Gasteiger charge is 2.09. The summed E-state index contributed by atoms with van der Waals surface area (Å²) < 4.78 is 18.4. The number of nitrogens with two attached hydrogens (primary N) is 1. The fourth-order valence-electron chi connectivity index (χ4n) is 2.22. The quantitative estimate of drug-likeness (QED) is 0.819. The van der Waals surface area contributed by atoms with E-state index in [1.54, 1.807) is 13.2 Å². The van der Waals surface area contributed by atoms with E-state index in [1.807, 2.05) is 26.0 Å². The van der Waals surface area contributed by atoms with E-state index >= 15 is 0 Å². The highest BCUT2D eigenvalue weighted by molar-refractivity contribution is 5.77. The Morgan fingerprint density at radius 1 is 1.06 bits per heavy atom. The van der Waals surface area contributed by atoms with Crippen molar-refractivity contribution in [2.45, 2.75) is 13.8 Å². The van der Waals surface area contributed by atoms with Gasteiger partial charge < -0.3 is 10.5 Å². The number of hydrogen-bond acceptors (Lipinski definition) is 2. The molecule has 0 saturated carbocycles. The largest absolute Gasteiger partial charge is 0.496 e. The van der Waals surface area contributed by atoms with Gasteiger partial charge in [0.05, 0.1) is 7.11 Å². The molecule has 0 spiro atoms. The van der Waals surface area contributed by atoms with E-state index in [0.717, 1.165) is 28.0 Å². The second kappa shape index (κ2) is 4.69. The molecule has 0 heterocycles. The standard InChI is InChI=1S/C15H16FNO/c1-9-6-11(7-10(2)15(9)18-3)13-5-4-12(16)8-14(13)17/h4-8H,17H2,1-3H3. The molecule has 0 saturated heterocycles. The molecule has 2 rings (SSSR count). The van der Waals surface area contributed by atoms with Gasteiger partial charge in [-0.25, -0.2) is 4.39 Å². The molecule has 3 heteroatoms. The molecule has 2 nitrogen and oxygen atoms in total. The van der Waals surface area contributed by atoms with Gasteiger partial charge in [-0.2, -0.15) is 0 Å². The van der Waals surface area contributed by atoms with Gasteiger partial charge in [-0.05, 0) is 60.9 Å². The van der Waals surface area contributed by atoms with E-state index in [9.17, 15) is 4.39 Å². The van der Waals surface area contributed by atoms with Crippen LogP contribution >= 0.6 is 0 Å². The monoisotopic (exact) mass is 245 g/mol. The Kier molecular flexibility index (Phi) is 3.24. The Morgan fingerprint density at radius 2 is 1.67 bits per heavy atom. The van der Waals surface area contributed by atoms with Crippen molar-refractivity contribution in [1.82, 2.24) is 0 Å². The molecule has 2 aromatic rings. The summed E-state index contributed by atoms with van der Waals surface area (Å²) in [6.45, 7) is 3.96. The molecule has 0 aliphatic carbocycles. The van der Waals surface area contributed by atoms with Gasteiger partial charge in [-0.1, -0.05) is 0 Å². The molecule has 0 unspecified atom stereocenters. The summed E-state index contributed by atoms with van der Waals surface area (Å²) in [4.78, 5) is 0. The highest BCUT2D eigenvalue weighted by Crippen LogP contribution is 2.32. The molecule has 2 N–H and O–H groups in total. The number of rotatable bonds is 2. The van der Waals surface area contributed by atoms with E-state index in [1.165, 1.54) is 12.1 Å². The molecule has 18 heavy (non-hydrogen) atoms. The van der Waals surface area contributed by atoms with Gasteiger partial charge >= 0.3 is 0 Å². The number of hydrogen-bond donors (Lipinski definition) is 1. The van der Waals surface area contributed by atoms with Crippen molar-refractivity contribution in [2.24, 2.45) is 0 Å². The van der Waals surface area contributed by atoms with Crippen LogP contribution in [-0.2, 0) is 0 Å². The lowest BCUT2D eigenvalue weighted by atomic mass is 9.98. The van der Waals surface area contributed by atoms with Gasteiger partial charge in [0.1, 0.15) is 11.6 Å². The molecule has 0 aliphatic rings. The third-order valence-corrected chi connectivity index (χ3v) is 2.99. The minimum absolute atomic E-state index is 0.321. The summed E-state index contributed by atoms with van der Waals surface area (Å²) in [7, 11) is 1.65. The van der Waals surface area contributed by atoms with Crippen molar-refractivity contribution in [1.29, 1.82) is 0 Å². The summed E-state index contributed by atoms with van der Waals surface area (Å²) >= 11 is 0. The zero-order chi connectivity index (χ0) is 13.3. The summed E-state index contributed by atoms with van der Waals surface area (Å²) in [5.74, 6) is 0.553. The van der Waals surface area contributed by atoms with Crippen LogP contribution in [0.4, 0.5) is 10.1 Å². The van der Waals surface area contributed by atoms with E-state index in [-0.39, 0.29) is 5.82 Å². The Balaban J connectivity index is 2.58. The first-order valence-corrected chi connectivity index (χ1v) is 5.73. The number of anilines is 1. The number of methoxy groups -OCH3 is 1. The topological polar surface area (TPSA) is 35.2 Å². The second-order valence-corrected chi connectivity index (χ2v) is 4.37. The Bertz CT molecular complexity index is 570. The summed E-state index contributed by atoms with van der Waals surface area (Å²) in [6.07, 6.45) is 0. The lowest BCUT2D eigenvalue weighted by molar-refractivity contribution is 0.408. The smallest absolute Gasteiger partial charge is 0.125 e. The van der Waals surface area contributed by atoms with Crippen LogP contribution in [0.5, 0.6) is 5.75 Å². The average molecular weight is 245 g/mol. The van der Waals surface area contributed by atoms with Gasteiger partial charge in [0, 0.05) is 11.3 Å². The SMILES string of the molecule is COc1c(C)cc(-c2ccc(F)cc2N)cc1C. The first-order valence-electron chi connectivity index (χ1n) is 5.73. The van der Waals surface area contributed by atoms with Gasteiger partial charge in [-0.3, -0.25) is 0 Å². The van der Waals surface area contributed by atoms with Crippen LogP contribution in [0.1, 0.15) is 11.1 Å². The lowest BCUT2D eigenvalue weighted by Gasteiger charge is -2.12. The van der Waals surface area contributed by atoms with Crippen molar-refractivity contribution in [3.05, 3.63) is 47.3 Å². The number of aryl methyl sites for hydroxylation is 2. The minimum atomic E-state index is -0.321. The molecule has 0 fully saturated rings. The summed E-state index contributed by atoms with van der Waals surface area (Å²) in [5, 5.41) is 0. The van der Waals surface area contributed by atoms with Crippen LogP contribution in [0, 0.1) is 19.7 Å². The molecule has 0 atom stereocenters. The van der Waals surface area contributed by atoms with Crippen LogP contribution in [0.2, 0.25) is 0 Å². The molecular weight excluding hydrogens is 229 g/mol. The van der Waals surface area contributed by atoms with Crippen LogP contribution < -0.4 is 10.5 Å². The van der Waals surface area contributed by atoms with Crippen LogP contribution in [0.15, 0.2) is 30.3 Å². The molecule has 0 radical (unpaired) electrons. The fraction of sp³-hybridized carbons (Fsp3) is 0.200. The van der Waals surface area contributed by atoms with Crippen molar-refractivity contribution in [3.8, 4) is 16.9 Å². The maximum absolute atomic E-state index is 13.0. The van der Waals surface area contributed by atoms with Crippen LogP contribution in [0.3, 0.4) is 0 Å². The van der Waals surface area contributed by atoms with E-state index < -0.39 is 0 Å². The Hall–Kier alpha value is -2.03. The molecule has 94 valence electrons. The number of halogens is 1. The predicted octanol–water partition coefficient (Wildman–Crippen LogP) is 3.70. The minimum Gasteiger partial charge on any atom is -0.496 e. The molecular formula is C15H16FNO. The van der Waals surface area contributed by atoms with Crippen molar-refractivity contribution in [3.63, 3.8) is 0 Å². The lowest BCUT2D eigenvalue weighted by Crippen LogP contribution is -1.95. The van der Waals surface area contributed by atoms with Crippen molar-refractivity contribution in [2.75, 3.05) is 12.8 Å². The maximum Gasteiger partial charge on any atom is 0.125 e. The Labute approximate surface area is 106 Å². The molecule has 0 bridgehead atoms. The van der Waals surface area contributed by atoms with E-state index in [4.69, 9.17) is 10.5 Å². The van der Waals surface area contributed by atoms with Gasteiger partial charge in [0.15, 0.2) is 0 Å². The maximum atomic E-state index is 13.0. The Morgan fingerprint density at radius 3 is 2.17 bits per heavy atom. The normalized spacial score (nSPS) is 10.4. The molecule has 0 amide bonds. The van der Waals surface area contributed by atoms with Crippen molar-refractivity contribution < 1.29 is 9.13 Å². The van der Waals surface area contributed by atoms with E-state index in [0.29, 0.717) is 5.69 Å². The van der Waals surface area contributed by atoms with E-state index in [2.05, 4.69) is 0 Å².